The number of hydrogen-bond acceptors (Lipinski definition) is 2. The van der Waals surface area contributed by atoms with Gasteiger partial charge in [-0.25, -0.2) is 4.79 Å². The average Bonchev–Trinajstić information content (AvgIpc) is 3.26. The highest BCUT2D eigenvalue weighted by molar-refractivity contribution is 9.12. The van der Waals surface area contributed by atoms with Crippen molar-refractivity contribution in [1.29, 1.82) is 0 Å². The van der Waals surface area contributed by atoms with Gasteiger partial charge in [-0.15, -0.1) is 0 Å². The van der Waals surface area contributed by atoms with E-state index in [4.69, 9.17) is 4.74 Å². The monoisotopic (exact) mass is 594 g/mol. The standard InChI is InChI=1S/C36H51BrO2/c1-24(2)10-9-11-25(3)30-16-17-31-29-15-14-27-23-28(18-20-35(27,4)32(29)19-21-36(30,31)5)39-34(38)33(37)22-26-12-7-6-8-13-26/h6-8,12-14,22,24-25,28-32H,9-11,15-21,23H2,1-5H3/b33-22-/t25-,28+,29+,30-,31+,32+,35+,36-/m1/s1. The summed E-state index contributed by atoms with van der Waals surface area (Å²) in [5.41, 5.74) is 3.40. The molecule has 0 saturated heterocycles. The number of carbonyl (C=O) groups is 1. The van der Waals surface area contributed by atoms with Crippen LogP contribution < -0.4 is 0 Å². The summed E-state index contributed by atoms with van der Waals surface area (Å²) in [6, 6.07) is 9.95. The van der Waals surface area contributed by atoms with E-state index in [1.54, 1.807) is 5.57 Å². The van der Waals surface area contributed by atoms with Gasteiger partial charge in [-0.05, 0) is 119 Å². The fraction of sp³-hybridized carbons (Fsp3) is 0.694. The van der Waals surface area contributed by atoms with Crippen molar-refractivity contribution in [1.82, 2.24) is 0 Å². The predicted octanol–water partition coefficient (Wildman–Crippen LogP) is 10.4. The van der Waals surface area contributed by atoms with Crippen LogP contribution in [0.5, 0.6) is 0 Å². The molecule has 4 aliphatic carbocycles. The van der Waals surface area contributed by atoms with Gasteiger partial charge in [-0.2, -0.15) is 0 Å². The second-order valence-corrected chi connectivity index (χ2v) is 15.3. The molecular weight excluding hydrogens is 544 g/mol. The molecule has 5 rings (SSSR count). The van der Waals surface area contributed by atoms with Gasteiger partial charge in [0.05, 0.1) is 0 Å². The molecule has 39 heavy (non-hydrogen) atoms. The highest BCUT2D eigenvalue weighted by atomic mass is 79.9. The van der Waals surface area contributed by atoms with E-state index in [9.17, 15) is 4.79 Å². The Hall–Kier alpha value is -1.35. The molecule has 0 heterocycles. The second-order valence-electron chi connectivity index (χ2n) is 14.5. The molecule has 4 aliphatic rings. The molecule has 0 aromatic heterocycles. The Labute approximate surface area is 246 Å². The summed E-state index contributed by atoms with van der Waals surface area (Å²) in [4.78, 5) is 12.9. The molecule has 0 aliphatic heterocycles. The number of esters is 1. The third kappa shape index (κ3) is 5.86. The Kier molecular flexibility index (Phi) is 8.87. The van der Waals surface area contributed by atoms with E-state index in [0.717, 1.165) is 60.3 Å². The van der Waals surface area contributed by atoms with Crippen LogP contribution in [0.25, 0.3) is 6.08 Å². The van der Waals surface area contributed by atoms with E-state index in [0.29, 0.717) is 9.90 Å². The minimum Gasteiger partial charge on any atom is -0.458 e. The Morgan fingerprint density at radius 2 is 1.79 bits per heavy atom. The van der Waals surface area contributed by atoms with Crippen molar-refractivity contribution in [2.75, 3.05) is 0 Å². The van der Waals surface area contributed by atoms with Gasteiger partial charge < -0.3 is 4.74 Å². The molecule has 3 fully saturated rings. The molecule has 2 nitrogen and oxygen atoms in total. The number of benzene rings is 1. The maximum atomic E-state index is 12.9. The van der Waals surface area contributed by atoms with Gasteiger partial charge in [0.1, 0.15) is 10.6 Å². The number of fused-ring (bicyclic) bond motifs is 5. The fourth-order valence-corrected chi connectivity index (χ4v) is 10.1. The third-order valence-corrected chi connectivity index (χ3v) is 12.4. The minimum atomic E-state index is -0.241. The van der Waals surface area contributed by atoms with E-state index >= 15 is 0 Å². The summed E-state index contributed by atoms with van der Waals surface area (Å²) in [6.07, 6.45) is 18.6. The highest BCUT2D eigenvalue weighted by Crippen LogP contribution is 2.67. The van der Waals surface area contributed by atoms with E-state index in [2.05, 4.69) is 56.6 Å². The van der Waals surface area contributed by atoms with Crippen LogP contribution in [0.4, 0.5) is 0 Å². The lowest BCUT2D eigenvalue weighted by Gasteiger charge is -2.58. The first-order valence-corrected chi connectivity index (χ1v) is 16.7. The van der Waals surface area contributed by atoms with Crippen molar-refractivity contribution < 1.29 is 9.53 Å². The van der Waals surface area contributed by atoms with E-state index in [-0.39, 0.29) is 17.5 Å². The van der Waals surface area contributed by atoms with Gasteiger partial charge in [-0.3, -0.25) is 0 Å². The SMILES string of the molecule is CC(C)CCC[C@@H](C)[C@H]1CC[C@H]2[C@@H]3CC=C4C[C@@H](OC(=O)/C(Br)=C/c5ccccc5)CC[C@]4(C)[C@H]3CC[C@]12C. The number of halogens is 1. The van der Waals surface area contributed by atoms with Crippen LogP contribution >= 0.6 is 15.9 Å². The Balaban J connectivity index is 1.23. The largest absolute Gasteiger partial charge is 0.458 e. The summed E-state index contributed by atoms with van der Waals surface area (Å²) in [6.45, 7) is 12.5. The summed E-state index contributed by atoms with van der Waals surface area (Å²) < 4.78 is 6.53. The lowest BCUT2D eigenvalue weighted by atomic mass is 9.47. The van der Waals surface area contributed by atoms with Crippen molar-refractivity contribution in [3.05, 3.63) is 52.0 Å². The summed E-state index contributed by atoms with van der Waals surface area (Å²) in [7, 11) is 0. The third-order valence-electron chi connectivity index (χ3n) is 11.8. The fourth-order valence-electron chi connectivity index (χ4n) is 9.71. The second kappa shape index (κ2) is 11.9. The Morgan fingerprint density at radius 3 is 2.54 bits per heavy atom. The van der Waals surface area contributed by atoms with Gasteiger partial charge in [0.15, 0.2) is 0 Å². The van der Waals surface area contributed by atoms with Crippen molar-refractivity contribution in [2.45, 2.75) is 111 Å². The van der Waals surface area contributed by atoms with Crippen LogP contribution in [0.2, 0.25) is 0 Å². The van der Waals surface area contributed by atoms with Crippen molar-refractivity contribution in [3.63, 3.8) is 0 Å². The minimum absolute atomic E-state index is 0.0125. The average molecular weight is 596 g/mol. The predicted molar refractivity (Wildman–Crippen MR) is 166 cm³/mol. The van der Waals surface area contributed by atoms with Crippen LogP contribution in [0, 0.1) is 46.3 Å². The topological polar surface area (TPSA) is 26.3 Å². The molecule has 8 atom stereocenters. The Morgan fingerprint density at radius 1 is 1.03 bits per heavy atom. The summed E-state index contributed by atoms with van der Waals surface area (Å²) in [5, 5.41) is 0. The first kappa shape index (κ1) is 29.2. The zero-order valence-electron chi connectivity index (χ0n) is 25.1. The lowest BCUT2D eigenvalue weighted by Crippen LogP contribution is -2.51. The van der Waals surface area contributed by atoms with Crippen molar-refractivity contribution in [3.8, 4) is 0 Å². The number of allylic oxidation sites excluding steroid dienone is 1. The molecule has 3 saturated carbocycles. The lowest BCUT2D eigenvalue weighted by molar-refractivity contribution is -0.145. The number of rotatable bonds is 8. The first-order valence-electron chi connectivity index (χ1n) is 15.9. The van der Waals surface area contributed by atoms with Crippen LogP contribution in [0.15, 0.2) is 46.5 Å². The first-order chi connectivity index (χ1) is 18.6. The van der Waals surface area contributed by atoms with Gasteiger partial charge in [0.2, 0.25) is 0 Å². The molecule has 0 amide bonds. The molecule has 0 bridgehead atoms. The molecule has 0 N–H and O–H groups in total. The summed E-state index contributed by atoms with van der Waals surface area (Å²) >= 11 is 3.47. The molecule has 1 aromatic rings. The summed E-state index contributed by atoms with van der Waals surface area (Å²) in [5.74, 6) is 4.88. The van der Waals surface area contributed by atoms with Crippen LogP contribution in [0.1, 0.15) is 111 Å². The molecular formula is C36H51BrO2. The van der Waals surface area contributed by atoms with E-state index < -0.39 is 0 Å². The zero-order valence-corrected chi connectivity index (χ0v) is 26.6. The van der Waals surface area contributed by atoms with Crippen LogP contribution in [-0.4, -0.2) is 12.1 Å². The smallest absolute Gasteiger partial charge is 0.345 e. The number of hydrogen-bond donors (Lipinski definition) is 0. The number of carbonyl (C=O) groups excluding carboxylic acids is 1. The normalized spacial score (nSPS) is 36.9. The molecule has 214 valence electrons. The maximum Gasteiger partial charge on any atom is 0.345 e. The molecule has 0 spiro atoms. The van der Waals surface area contributed by atoms with Gasteiger partial charge in [-0.1, -0.05) is 95.9 Å². The molecule has 0 unspecified atom stereocenters. The van der Waals surface area contributed by atoms with Gasteiger partial charge in [0, 0.05) is 6.42 Å². The maximum absolute atomic E-state index is 12.9. The van der Waals surface area contributed by atoms with Crippen molar-refractivity contribution in [2.24, 2.45) is 46.3 Å². The van der Waals surface area contributed by atoms with Gasteiger partial charge >= 0.3 is 5.97 Å². The zero-order chi connectivity index (χ0) is 27.8. The molecule has 1 aromatic carbocycles. The van der Waals surface area contributed by atoms with Crippen molar-refractivity contribution >= 4 is 28.0 Å². The quantitative estimate of drug-likeness (QED) is 0.170. The Bertz CT molecular complexity index is 1070. The van der Waals surface area contributed by atoms with E-state index in [1.807, 2.05) is 36.4 Å². The number of ether oxygens (including phenoxy) is 1. The van der Waals surface area contributed by atoms with Crippen LogP contribution in [-0.2, 0) is 9.53 Å². The molecule has 3 heteroatoms. The molecule has 0 radical (unpaired) electrons. The van der Waals surface area contributed by atoms with Crippen LogP contribution in [0.3, 0.4) is 0 Å². The van der Waals surface area contributed by atoms with E-state index in [1.165, 1.54) is 51.4 Å². The van der Waals surface area contributed by atoms with Gasteiger partial charge in [0.25, 0.3) is 0 Å². The highest BCUT2D eigenvalue weighted by Gasteiger charge is 2.59.